The number of phenolic OH excluding ortho intramolecular Hbond substituents is 1. The van der Waals surface area contributed by atoms with Crippen LogP contribution in [0.1, 0.15) is 9.67 Å². The van der Waals surface area contributed by atoms with Crippen molar-refractivity contribution in [2.24, 2.45) is 0 Å². The van der Waals surface area contributed by atoms with Crippen molar-refractivity contribution in [1.82, 2.24) is 0 Å². The van der Waals surface area contributed by atoms with Gasteiger partial charge in [-0.1, -0.05) is 6.07 Å². The molecule has 0 spiro atoms. The van der Waals surface area contributed by atoms with E-state index in [2.05, 4.69) is 4.72 Å². The minimum absolute atomic E-state index is 0.0935. The highest BCUT2D eigenvalue weighted by atomic mass is 32.2. The Balaban J connectivity index is 2.38. The summed E-state index contributed by atoms with van der Waals surface area (Å²) in [7, 11) is -3.99. The maximum Gasteiger partial charge on any atom is 0.347 e. The van der Waals surface area contributed by atoms with E-state index in [4.69, 9.17) is 5.11 Å². The number of aromatic hydroxyl groups is 1. The summed E-state index contributed by atoms with van der Waals surface area (Å²) in [5.74, 6) is -1.39. The van der Waals surface area contributed by atoms with Gasteiger partial charge in [0.1, 0.15) is 15.5 Å². The van der Waals surface area contributed by atoms with Crippen LogP contribution in [-0.4, -0.2) is 24.6 Å². The van der Waals surface area contributed by atoms with E-state index in [1.54, 1.807) is 0 Å². The maximum absolute atomic E-state index is 12.0. The summed E-state index contributed by atoms with van der Waals surface area (Å²) in [6.07, 6.45) is 0. The van der Waals surface area contributed by atoms with E-state index in [1.807, 2.05) is 0 Å². The van der Waals surface area contributed by atoms with Crippen LogP contribution in [0.15, 0.2) is 40.6 Å². The van der Waals surface area contributed by atoms with Crippen molar-refractivity contribution in [2.75, 3.05) is 4.72 Å². The lowest BCUT2D eigenvalue weighted by molar-refractivity contribution is 0.0698. The van der Waals surface area contributed by atoms with Gasteiger partial charge in [-0.25, -0.2) is 13.2 Å². The molecule has 2 rings (SSSR count). The van der Waals surface area contributed by atoms with Crippen molar-refractivity contribution in [2.45, 2.75) is 4.90 Å². The highest BCUT2D eigenvalue weighted by Gasteiger charge is 2.23. The Kier molecular flexibility index (Phi) is 3.45. The van der Waals surface area contributed by atoms with Gasteiger partial charge >= 0.3 is 5.97 Å². The van der Waals surface area contributed by atoms with Crippen LogP contribution in [0.25, 0.3) is 0 Å². The number of carboxylic acid groups (broad SMARTS) is 1. The number of rotatable bonds is 4. The molecule has 0 amide bonds. The highest BCUT2D eigenvalue weighted by molar-refractivity contribution is 7.93. The van der Waals surface area contributed by atoms with Gasteiger partial charge in [-0.15, -0.1) is 11.3 Å². The zero-order chi connectivity index (χ0) is 14.0. The van der Waals surface area contributed by atoms with Crippen molar-refractivity contribution in [1.29, 1.82) is 0 Å². The van der Waals surface area contributed by atoms with E-state index < -0.39 is 16.0 Å². The lowest BCUT2D eigenvalue weighted by Gasteiger charge is -2.07. The average molecular weight is 299 g/mol. The van der Waals surface area contributed by atoms with Gasteiger partial charge in [0.2, 0.25) is 0 Å². The van der Waals surface area contributed by atoms with Crippen LogP contribution in [0.3, 0.4) is 0 Å². The Labute approximate surface area is 113 Å². The van der Waals surface area contributed by atoms with Crippen LogP contribution in [-0.2, 0) is 10.0 Å². The summed E-state index contributed by atoms with van der Waals surface area (Å²) < 4.78 is 26.3. The highest BCUT2D eigenvalue weighted by Crippen LogP contribution is 2.25. The molecule has 1 aromatic carbocycles. The van der Waals surface area contributed by atoms with Gasteiger partial charge in [-0.05, 0) is 23.6 Å². The number of benzene rings is 1. The second kappa shape index (κ2) is 4.90. The van der Waals surface area contributed by atoms with Crippen LogP contribution in [0.2, 0.25) is 0 Å². The van der Waals surface area contributed by atoms with Crippen molar-refractivity contribution in [3.05, 3.63) is 40.6 Å². The monoisotopic (exact) mass is 299 g/mol. The molecule has 6 nitrogen and oxygen atoms in total. The number of thiophene rings is 1. The largest absolute Gasteiger partial charge is 0.508 e. The van der Waals surface area contributed by atoms with Crippen molar-refractivity contribution >= 4 is 33.0 Å². The molecule has 0 atom stereocenters. The van der Waals surface area contributed by atoms with Crippen molar-refractivity contribution in [3.63, 3.8) is 0 Å². The van der Waals surface area contributed by atoms with Gasteiger partial charge in [0, 0.05) is 6.07 Å². The lowest BCUT2D eigenvalue weighted by atomic mass is 10.3. The summed E-state index contributed by atoms with van der Waals surface area (Å²) in [6.45, 7) is 0. The first-order chi connectivity index (χ1) is 8.90. The van der Waals surface area contributed by atoms with Gasteiger partial charge < -0.3 is 10.2 Å². The second-order valence-electron chi connectivity index (χ2n) is 3.57. The molecule has 0 bridgehead atoms. The molecular weight excluding hydrogens is 290 g/mol. The van der Waals surface area contributed by atoms with E-state index in [0.29, 0.717) is 0 Å². The number of hydrogen-bond acceptors (Lipinski definition) is 5. The van der Waals surface area contributed by atoms with E-state index in [-0.39, 0.29) is 21.2 Å². The average Bonchev–Trinajstić information content (AvgIpc) is 2.77. The summed E-state index contributed by atoms with van der Waals surface area (Å²) >= 11 is 0.830. The minimum Gasteiger partial charge on any atom is -0.508 e. The molecule has 100 valence electrons. The van der Waals surface area contributed by atoms with Crippen LogP contribution in [0.4, 0.5) is 5.69 Å². The first-order valence-corrected chi connectivity index (χ1v) is 7.39. The first-order valence-electron chi connectivity index (χ1n) is 5.03. The van der Waals surface area contributed by atoms with E-state index in [1.165, 1.54) is 35.7 Å². The molecule has 8 heteroatoms. The Bertz CT molecular complexity index is 720. The number of carbonyl (C=O) groups is 1. The third kappa shape index (κ3) is 2.85. The molecular formula is C11H9NO5S2. The zero-order valence-corrected chi connectivity index (χ0v) is 11.0. The lowest BCUT2D eigenvalue weighted by Crippen LogP contribution is -2.15. The molecule has 1 heterocycles. The third-order valence-corrected chi connectivity index (χ3v) is 4.67. The summed E-state index contributed by atoms with van der Waals surface area (Å²) in [4.78, 5) is 10.4. The van der Waals surface area contributed by atoms with Crippen LogP contribution >= 0.6 is 11.3 Å². The standard InChI is InChI=1S/C11H9NO5S2/c13-8-3-1-2-7(6-8)12-19(16,17)9-4-5-18-10(9)11(14)15/h1-6,12-13H,(H,14,15). The number of sulfonamides is 1. The normalized spacial score (nSPS) is 11.2. The summed E-state index contributed by atoms with van der Waals surface area (Å²) in [6, 6.07) is 6.76. The molecule has 2 aromatic rings. The summed E-state index contributed by atoms with van der Waals surface area (Å²) in [5.41, 5.74) is 0.155. The number of hydrogen-bond donors (Lipinski definition) is 3. The second-order valence-corrected chi connectivity index (χ2v) is 6.14. The molecule has 0 unspecified atom stereocenters. The van der Waals surface area contributed by atoms with E-state index in [0.717, 1.165) is 11.3 Å². The molecule has 3 N–H and O–H groups in total. The number of phenols is 1. The molecule has 0 aliphatic heterocycles. The van der Waals surface area contributed by atoms with Gasteiger partial charge in [0.15, 0.2) is 0 Å². The number of carboxylic acids is 1. The number of anilines is 1. The molecule has 0 saturated carbocycles. The predicted molar refractivity (Wildman–Crippen MR) is 70.2 cm³/mol. The smallest absolute Gasteiger partial charge is 0.347 e. The van der Waals surface area contributed by atoms with Crippen LogP contribution in [0, 0.1) is 0 Å². The van der Waals surface area contributed by atoms with Crippen LogP contribution in [0.5, 0.6) is 5.75 Å². The van der Waals surface area contributed by atoms with Crippen molar-refractivity contribution in [3.8, 4) is 5.75 Å². The van der Waals surface area contributed by atoms with Gasteiger partial charge in [0.05, 0.1) is 5.69 Å². The van der Waals surface area contributed by atoms with Gasteiger partial charge in [-0.3, -0.25) is 4.72 Å². The quantitative estimate of drug-likeness (QED) is 0.800. The molecule has 0 aliphatic carbocycles. The number of nitrogens with one attached hydrogen (secondary N) is 1. The van der Waals surface area contributed by atoms with E-state index >= 15 is 0 Å². The Morgan fingerprint density at radius 1 is 1.26 bits per heavy atom. The maximum atomic E-state index is 12.0. The first kappa shape index (κ1) is 13.4. The molecule has 0 radical (unpaired) electrons. The van der Waals surface area contributed by atoms with E-state index in [9.17, 15) is 18.3 Å². The molecule has 0 fully saturated rings. The third-order valence-electron chi connectivity index (χ3n) is 2.21. The van der Waals surface area contributed by atoms with Gasteiger partial charge in [0.25, 0.3) is 10.0 Å². The fourth-order valence-corrected chi connectivity index (χ4v) is 3.76. The Morgan fingerprint density at radius 2 is 2.00 bits per heavy atom. The Morgan fingerprint density at radius 3 is 2.63 bits per heavy atom. The SMILES string of the molecule is O=C(O)c1sccc1S(=O)(=O)Nc1cccc(O)c1. The van der Waals surface area contributed by atoms with Crippen LogP contribution < -0.4 is 4.72 Å². The zero-order valence-electron chi connectivity index (χ0n) is 9.40. The molecule has 19 heavy (non-hydrogen) atoms. The topological polar surface area (TPSA) is 104 Å². The summed E-state index contributed by atoms with van der Waals surface area (Å²) in [5, 5.41) is 19.6. The fourth-order valence-electron chi connectivity index (χ4n) is 1.44. The molecule has 0 saturated heterocycles. The molecule has 0 aliphatic rings. The molecule has 1 aromatic heterocycles. The van der Waals surface area contributed by atoms with Gasteiger partial charge in [-0.2, -0.15) is 0 Å². The Hall–Kier alpha value is -2.06. The minimum atomic E-state index is -3.99. The predicted octanol–water partition coefficient (Wildman–Crippen LogP) is 1.95. The number of aromatic carboxylic acids is 1. The fraction of sp³-hybridized carbons (Fsp3) is 0. The van der Waals surface area contributed by atoms with Crippen molar-refractivity contribution < 1.29 is 23.4 Å².